The van der Waals surface area contributed by atoms with Gasteiger partial charge >= 0.3 is 6.18 Å². The Morgan fingerprint density at radius 1 is 1.14 bits per heavy atom. The Balaban J connectivity index is 1.34. The minimum Gasteiger partial charge on any atom is -0.352 e. The minimum atomic E-state index is -4.45. The SMILES string of the molecule is O=C(NCc1cccc(C(F)(F)F)c1)[C@@H]1CCCN(C(=O)c2csc(Nc3ccccc3F)n2)C1. The predicted molar refractivity (Wildman–Crippen MR) is 124 cm³/mol. The van der Waals surface area contributed by atoms with Crippen molar-refractivity contribution in [1.82, 2.24) is 15.2 Å². The lowest BCUT2D eigenvalue weighted by Gasteiger charge is -2.31. The van der Waals surface area contributed by atoms with Gasteiger partial charge < -0.3 is 15.5 Å². The number of alkyl halides is 3. The summed E-state index contributed by atoms with van der Waals surface area (Å²) in [5, 5.41) is 7.47. The summed E-state index contributed by atoms with van der Waals surface area (Å²) in [6, 6.07) is 10.9. The third-order valence-electron chi connectivity index (χ3n) is 5.64. The van der Waals surface area contributed by atoms with Gasteiger partial charge in [0.15, 0.2) is 5.13 Å². The number of rotatable bonds is 6. The Kier molecular flexibility index (Phi) is 7.34. The van der Waals surface area contributed by atoms with E-state index >= 15 is 0 Å². The van der Waals surface area contributed by atoms with Gasteiger partial charge in [0.1, 0.15) is 11.5 Å². The maximum atomic E-state index is 13.8. The number of amides is 2. The predicted octanol–water partition coefficient (Wildman–Crippen LogP) is 5.21. The van der Waals surface area contributed by atoms with Gasteiger partial charge in [-0.3, -0.25) is 9.59 Å². The fraction of sp³-hybridized carbons (Fsp3) is 0.292. The number of anilines is 2. The van der Waals surface area contributed by atoms with Crippen LogP contribution in [-0.2, 0) is 17.5 Å². The van der Waals surface area contributed by atoms with E-state index in [1.807, 2.05) is 0 Å². The van der Waals surface area contributed by atoms with Gasteiger partial charge in [-0.2, -0.15) is 13.2 Å². The second-order valence-corrected chi connectivity index (χ2v) is 9.01. The number of likely N-dealkylation sites (tertiary alicyclic amines) is 1. The van der Waals surface area contributed by atoms with Crippen LogP contribution in [0.25, 0.3) is 0 Å². The number of para-hydroxylation sites is 1. The Hall–Kier alpha value is -3.47. The Bertz CT molecular complexity index is 1210. The summed E-state index contributed by atoms with van der Waals surface area (Å²) < 4.78 is 52.5. The number of halogens is 4. The highest BCUT2D eigenvalue weighted by molar-refractivity contribution is 7.14. The second kappa shape index (κ2) is 10.4. The van der Waals surface area contributed by atoms with Gasteiger partial charge in [-0.25, -0.2) is 9.37 Å². The van der Waals surface area contributed by atoms with Crippen LogP contribution in [-0.4, -0.2) is 34.8 Å². The number of aromatic nitrogens is 1. The highest BCUT2D eigenvalue weighted by Crippen LogP contribution is 2.29. The number of nitrogens with one attached hydrogen (secondary N) is 2. The summed E-state index contributed by atoms with van der Waals surface area (Å²) in [7, 11) is 0. The first-order valence-electron chi connectivity index (χ1n) is 10.9. The third kappa shape index (κ3) is 6.16. The fourth-order valence-corrected chi connectivity index (χ4v) is 4.53. The molecule has 0 bridgehead atoms. The molecule has 11 heteroatoms. The molecule has 1 saturated heterocycles. The van der Waals surface area contributed by atoms with E-state index in [4.69, 9.17) is 0 Å². The first-order chi connectivity index (χ1) is 16.7. The monoisotopic (exact) mass is 506 g/mol. The Morgan fingerprint density at radius 3 is 2.71 bits per heavy atom. The minimum absolute atomic E-state index is 0.0373. The highest BCUT2D eigenvalue weighted by Gasteiger charge is 2.31. The van der Waals surface area contributed by atoms with E-state index in [2.05, 4.69) is 15.6 Å². The van der Waals surface area contributed by atoms with Crippen molar-refractivity contribution in [3.63, 3.8) is 0 Å². The quantitative estimate of drug-likeness (QED) is 0.450. The van der Waals surface area contributed by atoms with Crippen LogP contribution in [0.2, 0.25) is 0 Å². The van der Waals surface area contributed by atoms with Crippen molar-refractivity contribution < 1.29 is 27.2 Å². The number of thiazole rings is 1. The van der Waals surface area contributed by atoms with Crippen molar-refractivity contribution in [2.75, 3.05) is 18.4 Å². The molecule has 1 aliphatic heterocycles. The number of piperidine rings is 1. The lowest BCUT2D eigenvalue weighted by atomic mass is 9.96. The highest BCUT2D eigenvalue weighted by atomic mass is 32.1. The number of hydrogen-bond acceptors (Lipinski definition) is 5. The Labute approximate surface area is 203 Å². The fourth-order valence-electron chi connectivity index (χ4n) is 3.84. The van der Waals surface area contributed by atoms with Crippen LogP contribution >= 0.6 is 11.3 Å². The average Bonchev–Trinajstić information content (AvgIpc) is 3.32. The molecular weight excluding hydrogens is 484 g/mol. The molecule has 1 aliphatic rings. The Morgan fingerprint density at radius 2 is 1.94 bits per heavy atom. The van der Waals surface area contributed by atoms with E-state index < -0.39 is 23.5 Å². The van der Waals surface area contributed by atoms with E-state index in [1.54, 1.807) is 28.5 Å². The number of carbonyl (C=O) groups excluding carboxylic acids is 2. The molecule has 2 heterocycles. The van der Waals surface area contributed by atoms with Crippen LogP contribution in [0.1, 0.15) is 34.5 Å². The molecule has 3 aromatic rings. The van der Waals surface area contributed by atoms with E-state index in [0.717, 1.165) is 12.1 Å². The summed E-state index contributed by atoms with van der Waals surface area (Å²) in [5.41, 5.74) is 0.00951. The normalized spacial score (nSPS) is 16.1. The largest absolute Gasteiger partial charge is 0.416 e. The van der Waals surface area contributed by atoms with Crippen LogP contribution in [0.15, 0.2) is 53.9 Å². The van der Waals surface area contributed by atoms with Gasteiger partial charge in [0.05, 0.1) is 17.2 Å². The zero-order valence-corrected chi connectivity index (χ0v) is 19.3. The van der Waals surface area contributed by atoms with Crippen molar-refractivity contribution in [2.24, 2.45) is 5.92 Å². The van der Waals surface area contributed by atoms with Crippen molar-refractivity contribution in [3.8, 4) is 0 Å². The maximum Gasteiger partial charge on any atom is 0.416 e. The second-order valence-electron chi connectivity index (χ2n) is 8.15. The molecule has 1 atom stereocenters. The molecule has 0 unspecified atom stereocenters. The standard InChI is InChI=1S/C24H22F4N4O2S/c25-18-8-1-2-9-19(18)30-23-31-20(14-35-23)22(34)32-10-4-6-16(13-32)21(33)29-12-15-5-3-7-17(11-15)24(26,27)28/h1-3,5,7-9,11,14,16H,4,6,10,12-13H2,(H,29,33)(H,30,31)/t16-/m1/s1. The van der Waals surface area contributed by atoms with Gasteiger partial charge in [-0.1, -0.05) is 24.3 Å². The first-order valence-corrected chi connectivity index (χ1v) is 11.8. The van der Waals surface area contributed by atoms with E-state index in [1.165, 1.54) is 29.5 Å². The van der Waals surface area contributed by atoms with Crippen molar-refractivity contribution in [1.29, 1.82) is 0 Å². The molecule has 2 amide bonds. The van der Waals surface area contributed by atoms with E-state index in [9.17, 15) is 27.2 Å². The summed E-state index contributed by atoms with van der Waals surface area (Å²) in [5.74, 6) is -1.57. The van der Waals surface area contributed by atoms with Crippen LogP contribution in [0, 0.1) is 11.7 Å². The van der Waals surface area contributed by atoms with Crippen LogP contribution < -0.4 is 10.6 Å². The molecule has 0 spiro atoms. The van der Waals surface area contributed by atoms with Gasteiger partial charge in [0.25, 0.3) is 5.91 Å². The molecule has 6 nitrogen and oxygen atoms in total. The van der Waals surface area contributed by atoms with E-state index in [0.29, 0.717) is 30.1 Å². The zero-order valence-electron chi connectivity index (χ0n) is 18.4. The molecule has 2 aromatic carbocycles. The number of nitrogens with zero attached hydrogens (tertiary/aromatic N) is 2. The number of benzene rings is 2. The van der Waals surface area contributed by atoms with Gasteiger partial charge in [0.2, 0.25) is 5.91 Å². The summed E-state index contributed by atoms with van der Waals surface area (Å²) in [4.78, 5) is 31.4. The molecule has 1 fully saturated rings. The lowest BCUT2D eigenvalue weighted by molar-refractivity contribution is -0.137. The van der Waals surface area contributed by atoms with Gasteiger partial charge in [-0.15, -0.1) is 11.3 Å². The van der Waals surface area contributed by atoms with Gasteiger partial charge in [0, 0.05) is 25.0 Å². The molecule has 0 aliphatic carbocycles. The smallest absolute Gasteiger partial charge is 0.352 e. The van der Waals surface area contributed by atoms with Crippen LogP contribution in [0.5, 0.6) is 0 Å². The molecular formula is C24H22F4N4O2S. The zero-order chi connectivity index (χ0) is 25.0. The lowest BCUT2D eigenvalue weighted by Crippen LogP contribution is -2.45. The van der Waals surface area contributed by atoms with Crippen molar-refractivity contribution in [2.45, 2.75) is 25.6 Å². The number of hydrogen-bond donors (Lipinski definition) is 2. The molecule has 184 valence electrons. The molecule has 2 N–H and O–H groups in total. The molecule has 4 rings (SSSR count). The van der Waals surface area contributed by atoms with Crippen molar-refractivity contribution in [3.05, 3.63) is 76.5 Å². The summed E-state index contributed by atoms with van der Waals surface area (Å²) in [6.45, 7) is 0.606. The summed E-state index contributed by atoms with van der Waals surface area (Å²) in [6.07, 6.45) is -3.28. The maximum absolute atomic E-state index is 13.8. The van der Waals surface area contributed by atoms with Crippen LogP contribution in [0.3, 0.4) is 0 Å². The molecule has 35 heavy (non-hydrogen) atoms. The van der Waals surface area contributed by atoms with E-state index in [-0.39, 0.29) is 36.3 Å². The first kappa shape index (κ1) is 24.6. The summed E-state index contributed by atoms with van der Waals surface area (Å²) >= 11 is 1.17. The molecule has 0 saturated carbocycles. The topological polar surface area (TPSA) is 74.3 Å². The molecule has 0 radical (unpaired) electrons. The number of carbonyl (C=O) groups is 2. The van der Waals surface area contributed by atoms with Crippen LogP contribution in [0.4, 0.5) is 28.4 Å². The third-order valence-corrected chi connectivity index (χ3v) is 6.40. The van der Waals surface area contributed by atoms with Crippen molar-refractivity contribution >= 4 is 34.0 Å². The average molecular weight is 507 g/mol. The molecule has 1 aromatic heterocycles. The van der Waals surface area contributed by atoms with Gasteiger partial charge in [-0.05, 0) is 42.7 Å².